The number of alkyl halides is 2. The first kappa shape index (κ1) is 13.8. The Bertz CT molecular complexity index is 509. The molecule has 0 aliphatic carbocycles. The van der Waals surface area contributed by atoms with Gasteiger partial charge in [-0.05, 0) is 22.6 Å². The van der Waals surface area contributed by atoms with Gasteiger partial charge in [-0.2, -0.15) is 4.98 Å². The maximum Gasteiger partial charge on any atom is 0.279 e. The standard InChI is InChI=1S/C7H5ClF2INO3S/c1-15-4-2-3(11)5(6(9)10)7(12-4)16(8,13)14/h2,6H,1H3. The molecule has 90 valence electrons. The lowest BCUT2D eigenvalue weighted by Crippen LogP contribution is -2.06. The Morgan fingerprint density at radius 3 is 2.50 bits per heavy atom. The number of methoxy groups -OCH3 is 1. The topological polar surface area (TPSA) is 56.3 Å². The predicted molar refractivity (Wildman–Crippen MR) is 61.5 cm³/mol. The van der Waals surface area contributed by atoms with Crippen LogP contribution in [0.1, 0.15) is 12.0 Å². The van der Waals surface area contributed by atoms with Crippen molar-refractivity contribution in [3.05, 3.63) is 15.2 Å². The van der Waals surface area contributed by atoms with Crippen LogP contribution in [0, 0.1) is 3.57 Å². The molecule has 0 amide bonds. The maximum absolute atomic E-state index is 12.6. The lowest BCUT2D eigenvalue weighted by Gasteiger charge is -2.09. The fourth-order valence-electron chi connectivity index (χ4n) is 0.969. The highest BCUT2D eigenvalue weighted by atomic mass is 127. The minimum absolute atomic E-state index is 0.0266. The predicted octanol–water partition coefficient (Wildman–Crippen LogP) is 2.56. The number of nitrogens with zero attached hydrogens (tertiary/aromatic N) is 1. The lowest BCUT2D eigenvalue weighted by molar-refractivity contribution is 0.145. The first-order chi connectivity index (χ1) is 7.27. The zero-order valence-corrected chi connectivity index (χ0v) is 11.5. The van der Waals surface area contributed by atoms with Gasteiger partial charge in [0, 0.05) is 20.3 Å². The minimum atomic E-state index is -4.34. The molecule has 0 radical (unpaired) electrons. The second-order valence-electron chi connectivity index (χ2n) is 2.60. The summed E-state index contributed by atoms with van der Waals surface area (Å²) < 4.78 is 52.2. The van der Waals surface area contributed by atoms with Crippen molar-refractivity contribution in [1.29, 1.82) is 0 Å². The van der Waals surface area contributed by atoms with Crippen molar-refractivity contribution in [3.63, 3.8) is 0 Å². The molecule has 0 saturated heterocycles. The summed E-state index contributed by atoms with van der Waals surface area (Å²) in [7, 11) is 1.93. The number of halogens is 4. The van der Waals surface area contributed by atoms with Crippen LogP contribution in [0.2, 0.25) is 0 Å². The molecule has 16 heavy (non-hydrogen) atoms. The van der Waals surface area contributed by atoms with Gasteiger partial charge in [0.2, 0.25) is 5.88 Å². The molecule has 0 fully saturated rings. The summed E-state index contributed by atoms with van der Waals surface area (Å²) in [6.45, 7) is 0. The van der Waals surface area contributed by atoms with Gasteiger partial charge in [-0.25, -0.2) is 17.2 Å². The minimum Gasteiger partial charge on any atom is -0.481 e. The molecule has 0 bridgehead atoms. The van der Waals surface area contributed by atoms with E-state index < -0.39 is 26.1 Å². The third kappa shape index (κ3) is 2.92. The summed E-state index contributed by atoms with van der Waals surface area (Å²) in [5.74, 6) is -0.0898. The third-order valence-corrected chi connectivity index (χ3v) is 3.71. The largest absolute Gasteiger partial charge is 0.481 e. The molecule has 0 atom stereocenters. The quantitative estimate of drug-likeness (QED) is 0.595. The van der Waals surface area contributed by atoms with Crippen LogP contribution in [0.3, 0.4) is 0 Å². The molecule has 0 saturated carbocycles. The van der Waals surface area contributed by atoms with Crippen LogP contribution in [-0.2, 0) is 9.05 Å². The van der Waals surface area contributed by atoms with Crippen LogP contribution in [0.25, 0.3) is 0 Å². The van der Waals surface area contributed by atoms with Crippen LogP contribution >= 0.6 is 33.3 Å². The zero-order chi connectivity index (χ0) is 12.5. The lowest BCUT2D eigenvalue weighted by atomic mass is 10.3. The van der Waals surface area contributed by atoms with Crippen LogP contribution in [0.5, 0.6) is 5.88 Å². The van der Waals surface area contributed by atoms with Gasteiger partial charge < -0.3 is 4.74 Å². The average molecular weight is 384 g/mol. The molecule has 1 rings (SSSR count). The Labute approximate surface area is 109 Å². The summed E-state index contributed by atoms with van der Waals surface area (Å²) in [6, 6.07) is 1.20. The van der Waals surface area contributed by atoms with Crippen LogP contribution in [-0.4, -0.2) is 20.5 Å². The SMILES string of the molecule is COc1cc(I)c(C(F)F)c(S(=O)(=O)Cl)n1. The van der Waals surface area contributed by atoms with Crippen LogP contribution in [0.15, 0.2) is 11.1 Å². The molecule has 1 aromatic rings. The molecule has 4 nitrogen and oxygen atoms in total. The van der Waals surface area contributed by atoms with Gasteiger partial charge in [0.15, 0.2) is 5.03 Å². The summed E-state index contributed by atoms with van der Waals surface area (Å²) in [5, 5.41) is -0.868. The van der Waals surface area contributed by atoms with Crippen molar-refractivity contribution in [1.82, 2.24) is 4.98 Å². The number of hydrogen-bond acceptors (Lipinski definition) is 4. The Morgan fingerprint density at radius 2 is 2.12 bits per heavy atom. The first-order valence-corrected chi connectivity index (χ1v) is 7.13. The van der Waals surface area contributed by atoms with Crippen molar-refractivity contribution in [2.45, 2.75) is 11.5 Å². The second kappa shape index (κ2) is 4.96. The Balaban J connectivity index is 3.60. The second-order valence-corrected chi connectivity index (χ2v) is 6.25. The molecule has 0 N–H and O–H groups in total. The van der Waals surface area contributed by atoms with Crippen molar-refractivity contribution in [2.24, 2.45) is 0 Å². The summed E-state index contributed by atoms with van der Waals surface area (Å²) in [4.78, 5) is 3.42. The maximum atomic E-state index is 12.6. The fourth-order valence-corrected chi connectivity index (χ4v) is 2.92. The Morgan fingerprint density at radius 1 is 1.56 bits per heavy atom. The smallest absolute Gasteiger partial charge is 0.279 e. The molecule has 0 unspecified atom stereocenters. The normalized spacial score (nSPS) is 11.9. The highest BCUT2D eigenvalue weighted by Gasteiger charge is 2.27. The van der Waals surface area contributed by atoms with E-state index in [0.29, 0.717) is 0 Å². The summed E-state index contributed by atoms with van der Waals surface area (Å²) >= 11 is 1.57. The van der Waals surface area contributed by atoms with E-state index in [4.69, 9.17) is 10.7 Å². The van der Waals surface area contributed by atoms with Crippen molar-refractivity contribution in [2.75, 3.05) is 7.11 Å². The highest BCUT2D eigenvalue weighted by Crippen LogP contribution is 2.33. The molecule has 9 heteroatoms. The van der Waals surface area contributed by atoms with Crippen LogP contribution < -0.4 is 4.74 Å². The van der Waals surface area contributed by atoms with Gasteiger partial charge in [0.25, 0.3) is 15.5 Å². The molecular formula is C7H5ClF2INO3S. The molecule has 1 heterocycles. The van der Waals surface area contributed by atoms with Gasteiger partial charge in [-0.1, -0.05) is 0 Å². The van der Waals surface area contributed by atoms with Gasteiger partial charge >= 0.3 is 0 Å². The van der Waals surface area contributed by atoms with E-state index in [9.17, 15) is 17.2 Å². The molecule has 0 aliphatic heterocycles. The van der Waals surface area contributed by atoms with Crippen LogP contribution in [0.4, 0.5) is 8.78 Å². The zero-order valence-electron chi connectivity index (χ0n) is 7.75. The number of hydrogen-bond donors (Lipinski definition) is 0. The van der Waals surface area contributed by atoms with E-state index in [1.54, 1.807) is 22.6 Å². The molecule has 0 aliphatic rings. The van der Waals surface area contributed by atoms with E-state index in [1.165, 1.54) is 13.2 Å². The number of aromatic nitrogens is 1. The van der Waals surface area contributed by atoms with Gasteiger partial charge in [0.05, 0.1) is 12.7 Å². The van der Waals surface area contributed by atoms with E-state index in [0.717, 1.165) is 0 Å². The fraction of sp³-hybridized carbons (Fsp3) is 0.286. The first-order valence-electron chi connectivity index (χ1n) is 3.74. The van der Waals surface area contributed by atoms with E-state index in [-0.39, 0.29) is 9.45 Å². The average Bonchev–Trinajstić information content (AvgIpc) is 2.14. The molecular weight excluding hydrogens is 379 g/mol. The Hall–Kier alpha value is -0.220. The third-order valence-electron chi connectivity index (χ3n) is 1.61. The van der Waals surface area contributed by atoms with E-state index >= 15 is 0 Å². The van der Waals surface area contributed by atoms with Crippen molar-refractivity contribution in [3.8, 4) is 5.88 Å². The monoisotopic (exact) mass is 383 g/mol. The molecule has 1 aromatic heterocycles. The van der Waals surface area contributed by atoms with E-state index in [2.05, 4.69) is 9.72 Å². The summed E-state index contributed by atoms with van der Waals surface area (Å²) in [6.07, 6.45) is -2.98. The molecule has 0 aromatic carbocycles. The highest BCUT2D eigenvalue weighted by molar-refractivity contribution is 14.1. The number of ether oxygens (including phenoxy) is 1. The van der Waals surface area contributed by atoms with Gasteiger partial charge in [-0.15, -0.1) is 0 Å². The number of rotatable bonds is 3. The Kier molecular flexibility index (Phi) is 4.29. The van der Waals surface area contributed by atoms with Gasteiger partial charge in [-0.3, -0.25) is 0 Å². The van der Waals surface area contributed by atoms with Crippen molar-refractivity contribution < 1.29 is 21.9 Å². The summed E-state index contributed by atoms with van der Waals surface area (Å²) in [5.41, 5.74) is -0.712. The van der Waals surface area contributed by atoms with Crippen molar-refractivity contribution >= 4 is 42.3 Å². The van der Waals surface area contributed by atoms with Gasteiger partial charge in [0.1, 0.15) is 0 Å². The molecule has 0 spiro atoms. The van der Waals surface area contributed by atoms with E-state index in [1.807, 2.05) is 0 Å². The number of pyridine rings is 1.